The Morgan fingerprint density at radius 2 is 1.83 bits per heavy atom. The Balaban J connectivity index is 1.60. The number of halogens is 1. The van der Waals surface area contributed by atoms with Gasteiger partial charge in [-0.2, -0.15) is 0 Å². The maximum atomic E-state index is 12.6. The lowest BCUT2D eigenvalue weighted by atomic mass is 9.92. The zero-order valence-electron chi connectivity index (χ0n) is 14.0. The first kappa shape index (κ1) is 16.9. The van der Waals surface area contributed by atoms with Crippen LogP contribution in [0.1, 0.15) is 36.6 Å². The number of carbonyl (C=O) groups is 1. The van der Waals surface area contributed by atoms with Crippen LogP contribution in [0.3, 0.4) is 0 Å². The first-order valence-corrected chi connectivity index (χ1v) is 8.65. The fourth-order valence-corrected chi connectivity index (χ4v) is 3.37. The van der Waals surface area contributed by atoms with Crippen LogP contribution in [0.2, 0.25) is 5.02 Å². The van der Waals surface area contributed by atoms with E-state index in [1.165, 1.54) is 6.42 Å². The van der Waals surface area contributed by atoms with Gasteiger partial charge in [0.25, 0.3) is 5.91 Å². The Morgan fingerprint density at radius 3 is 2.50 bits per heavy atom. The number of likely N-dealkylation sites (tertiary alicyclic amines) is 1. The van der Waals surface area contributed by atoms with Gasteiger partial charge in [-0.15, -0.1) is 0 Å². The largest absolute Gasteiger partial charge is 0.486 e. The van der Waals surface area contributed by atoms with E-state index in [1.807, 2.05) is 4.90 Å². The van der Waals surface area contributed by atoms with Gasteiger partial charge in [-0.3, -0.25) is 4.79 Å². The molecular formula is C19H22ClNO3. The van der Waals surface area contributed by atoms with Gasteiger partial charge in [0, 0.05) is 18.1 Å². The van der Waals surface area contributed by atoms with Crippen molar-refractivity contribution >= 4 is 17.5 Å². The van der Waals surface area contributed by atoms with Crippen molar-refractivity contribution in [2.24, 2.45) is 11.8 Å². The molecular weight excluding hydrogens is 326 g/mol. The number of benzene rings is 1. The third-order valence-electron chi connectivity index (χ3n) is 4.22. The molecule has 1 amide bonds. The molecule has 128 valence electrons. The molecule has 24 heavy (non-hydrogen) atoms. The number of amides is 1. The molecule has 0 radical (unpaired) electrons. The number of rotatable bonds is 4. The lowest BCUT2D eigenvalue weighted by Gasteiger charge is -2.34. The zero-order valence-corrected chi connectivity index (χ0v) is 14.8. The van der Waals surface area contributed by atoms with E-state index < -0.39 is 0 Å². The fraction of sp³-hybridized carbons (Fsp3) is 0.421. The molecule has 2 heterocycles. The molecule has 1 aliphatic rings. The van der Waals surface area contributed by atoms with Gasteiger partial charge in [0.15, 0.2) is 5.76 Å². The molecule has 1 aliphatic heterocycles. The maximum absolute atomic E-state index is 12.6. The number of carbonyl (C=O) groups excluding carboxylic acids is 1. The number of furan rings is 1. The van der Waals surface area contributed by atoms with Crippen molar-refractivity contribution < 1.29 is 13.9 Å². The van der Waals surface area contributed by atoms with E-state index in [1.54, 1.807) is 36.4 Å². The number of hydrogen-bond donors (Lipinski definition) is 0. The number of ether oxygens (including phenoxy) is 1. The molecule has 1 fully saturated rings. The van der Waals surface area contributed by atoms with Crippen molar-refractivity contribution in [2.45, 2.75) is 26.9 Å². The van der Waals surface area contributed by atoms with E-state index in [2.05, 4.69) is 13.8 Å². The van der Waals surface area contributed by atoms with Gasteiger partial charge in [0.2, 0.25) is 0 Å². The quantitative estimate of drug-likeness (QED) is 0.809. The summed E-state index contributed by atoms with van der Waals surface area (Å²) in [5, 5.41) is 0.665. The predicted molar refractivity (Wildman–Crippen MR) is 93.3 cm³/mol. The van der Waals surface area contributed by atoms with E-state index in [4.69, 9.17) is 20.8 Å². The highest BCUT2D eigenvalue weighted by Gasteiger charge is 2.27. The van der Waals surface area contributed by atoms with Crippen molar-refractivity contribution in [1.29, 1.82) is 0 Å². The molecule has 1 aromatic heterocycles. The maximum Gasteiger partial charge on any atom is 0.289 e. The third-order valence-corrected chi connectivity index (χ3v) is 4.48. The second-order valence-electron chi connectivity index (χ2n) is 6.66. The fourth-order valence-electron chi connectivity index (χ4n) is 3.24. The topological polar surface area (TPSA) is 42.7 Å². The van der Waals surface area contributed by atoms with E-state index in [-0.39, 0.29) is 12.5 Å². The van der Waals surface area contributed by atoms with Crippen LogP contribution >= 0.6 is 11.6 Å². The minimum absolute atomic E-state index is 0.0360. The summed E-state index contributed by atoms with van der Waals surface area (Å²) in [5.41, 5.74) is 0. The lowest BCUT2D eigenvalue weighted by Crippen LogP contribution is -2.42. The first-order chi connectivity index (χ1) is 11.5. The highest BCUT2D eigenvalue weighted by molar-refractivity contribution is 6.30. The number of piperidine rings is 1. The Hall–Kier alpha value is -1.94. The minimum atomic E-state index is -0.0360. The Bertz CT molecular complexity index is 685. The molecule has 0 saturated carbocycles. The molecule has 0 aliphatic carbocycles. The van der Waals surface area contributed by atoms with Crippen molar-refractivity contribution in [3.8, 4) is 5.75 Å². The predicted octanol–water partition coefficient (Wildman–Crippen LogP) is 4.63. The van der Waals surface area contributed by atoms with Gasteiger partial charge in [0.05, 0.1) is 0 Å². The summed E-state index contributed by atoms with van der Waals surface area (Å²) in [4.78, 5) is 14.5. The Morgan fingerprint density at radius 1 is 1.17 bits per heavy atom. The van der Waals surface area contributed by atoms with Gasteiger partial charge in [0.1, 0.15) is 18.1 Å². The van der Waals surface area contributed by atoms with Crippen LogP contribution in [0.15, 0.2) is 40.8 Å². The van der Waals surface area contributed by atoms with E-state index >= 15 is 0 Å². The molecule has 0 spiro atoms. The Kier molecular flexibility index (Phi) is 5.14. The van der Waals surface area contributed by atoms with Crippen molar-refractivity contribution in [1.82, 2.24) is 4.90 Å². The molecule has 3 rings (SSSR count). The lowest BCUT2D eigenvalue weighted by molar-refractivity contribution is 0.0587. The van der Waals surface area contributed by atoms with E-state index in [0.29, 0.717) is 34.1 Å². The van der Waals surface area contributed by atoms with Crippen LogP contribution in [0.5, 0.6) is 5.75 Å². The van der Waals surface area contributed by atoms with Gasteiger partial charge < -0.3 is 14.1 Å². The van der Waals surface area contributed by atoms with Crippen molar-refractivity contribution in [2.75, 3.05) is 13.1 Å². The standard InChI is InChI=1S/C19H22ClNO3/c1-13-9-14(2)11-21(10-13)19(22)18-8-7-17(24-18)12-23-16-5-3-15(20)4-6-16/h3-8,13-14H,9-12H2,1-2H3/t13-,14-/m1/s1. The molecule has 2 atom stereocenters. The molecule has 1 saturated heterocycles. The molecule has 2 aromatic rings. The van der Waals surface area contributed by atoms with Gasteiger partial charge in [-0.25, -0.2) is 0 Å². The summed E-state index contributed by atoms with van der Waals surface area (Å²) in [6, 6.07) is 10.7. The van der Waals surface area contributed by atoms with E-state index in [0.717, 1.165) is 13.1 Å². The van der Waals surface area contributed by atoms with Gasteiger partial charge in [-0.05, 0) is 54.7 Å². The summed E-state index contributed by atoms with van der Waals surface area (Å²) in [7, 11) is 0. The molecule has 4 nitrogen and oxygen atoms in total. The van der Waals surface area contributed by atoms with Crippen LogP contribution < -0.4 is 4.74 Å². The second kappa shape index (κ2) is 7.31. The zero-order chi connectivity index (χ0) is 17.1. The minimum Gasteiger partial charge on any atom is -0.486 e. The third kappa shape index (κ3) is 4.12. The summed E-state index contributed by atoms with van der Waals surface area (Å²) in [6.45, 7) is 6.23. The molecule has 1 aromatic carbocycles. The SMILES string of the molecule is C[C@@H]1C[C@@H](C)CN(C(=O)c2ccc(COc3ccc(Cl)cc3)o2)C1. The average molecular weight is 348 g/mol. The monoisotopic (exact) mass is 347 g/mol. The normalized spacial score (nSPS) is 20.9. The number of nitrogens with zero attached hydrogens (tertiary/aromatic N) is 1. The van der Waals surface area contributed by atoms with Crippen LogP contribution in [0.25, 0.3) is 0 Å². The average Bonchev–Trinajstić information content (AvgIpc) is 3.01. The van der Waals surface area contributed by atoms with Gasteiger partial charge in [-0.1, -0.05) is 25.4 Å². The highest BCUT2D eigenvalue weighted by atomic mass is 35.5. The number of hydrogen-bond acceptors (Lipinski definition) is 3. The second-order valence-corrected chi connectivity index (χ2v) is 7.10. The van der Waals surface area contributed by atoms with Crippen LogP contribution in [0.4, 0.5) is 0 Å². The van der Waals surface area contributed by atoms with Crippen molar-refractivity contribution in [3.63, 3.8) is 0 Å². The van der Waals surface area contributed by atoms with Crippen LogP contribution in [-0.2, 0) is 6.61 Å². The highest BCUT2D eigenvalue weighted by Crippen LogP contribution is 2.23. The molecule has 0 unspecified atom stereocenters. The van der Waals surface area contributed by atoms with Crippen LogP contribution in [-0.4, -0.2) is 23.9 Å². The summed E-state index contributed by atoms with van der Waals surface area (Å²) >= 11 is 5.85. The summed E-state index contributed by atoms with van der Waals surface area (Å²) in [5.74, 6) is 2.74. The summed E-state index contributed by atoms with van der Waals surface area (Å²) < 4.78 is 11.3. The van der Waals surface area contributed by atoms with E-state index in [9.17, 15) is 4.79 Å². The molecule has 0 bridgehead atoms. The van der Waals surface area contributed by atoms with Crippen molar-refractivity contribution in [3.05, 3.63) is 52.9 Å². The van der Waals surface area contributed by atoms with Gasteiger partial charge >= 0.3 is 0 Å². The first-order valence-electron chi connectivity index (χ1n) is 8.27. The summed E-state index contributed by atoms with van der Waals surface area (Å²) in [6.07, 6.45) is 1.17. The van der Waals surface area contributed by atoms with Crippen LogP contribution in [0, 0.1) is 11.8 Å². The molecule has 0 N–H and O–H groups in total. The smallest absolute Gasteiger partial charge is 0.289 e. The Labute approximate surface area is 147 Å². The molecule has 5 heteroatoms.